The van der Waals surface area contributed by atoms with Crippen LogP contribution in [0.3, 0.4) is 0 Å². The molecule has 0 radical (unpaired) electrons. The van der Waals surface area contributed by atoms with Crippen molar-refractivity contribution in [3.63, 3.8) is 0 Å². The lowest BCUT2D eigenvalue weighted by atomic mass is 9.86. The first-order valence-corrected chi connectivity index (χ1v) is 9.81. The third-order valence-electron chi connectivity index (χ3n) is 5.40. The number of benzene rings is 1. The molecule has 1 saturated heterocycles. The smallest absolute Gasteiger partial charge is 0.225 e. The van der Waals surface area contributed by atoms with Crippen LogP contribution in [-0.4, -0.2) is 49.3 Å². The molecule has 0 spiro atoms. The van der Waals surface area contributed by atoms with Gasteiger partial charge in [-0.1, -0.05) is 12.1 Å². The van der Waals surface area contributed by atoms with Crippen LogP contribution >= 0.6 is 0 Å². The second-order valence-electron chi connectivity index (χ2n) is 7.25. The molecule has 1 aliphatic carbocycles. The molecule has 2 aliphatic rings. The van der Waals surface area contributed by atoms with Crippen molar-refractivity contribution in [3.8, 4) is 5.75 Å². The van der Waals surface area contributed by atoms with Gasteiger partial charge in [-0.25, -0.2) is 9.97 Å². The van der Waals surface area contributed by atoms with E-state index in [1.807, 2.05) is 30.5 Å². The molecule has 1 fully saturated rings. The highest BCUT2D eigenvalue weighted by Crippen LogP contribution is 2.26. The second-order valence-corrected chi connectivity index (χ2v) is 7.25. The van der Waals surface area contributed by atoms with Crippen molar-refractivity contribution in [1.29, 1.82) is 0 Å². The summed E-state index contributed by atoms with van der Waals surface area (Å²) in [7, 11) is 1.64. The molecule has 2 aromatic rings. The van der Waals surface area contributed by atoms with Gasteiger partial charge >= 0.3 is 0 Å². The molecule has 0 saturated carbocycles. The Morgan fingerprint density at radius 2 is 2.21 bits per heavy atom. The minimum absolute atomic E-state index is 0.0315. The van der Waals surface area contributed by atoms with Crippen LogP contribution in [0.5, 0.6) is 5.75 Å². The molecule has 2 heterocycles. The van der Waals surface area contributed by atoms with E-state index in [9.17, 15) is 4.79 Å². The summed E-state index contributed by atoms with van der Waals surface area (Å²) in [5.41, 5.74) is 3.19. The van der Waals surface area contributed by atoms with Crippen LogP contribution in [0.25, 0.3) is 0 Å². The van der Waals surface area contributed by atoms with E-state index in [4.69, 9.17) is 14.5 Å². The molecule has 0 unspecified atom stereocenters. The Labute approximate surface area is 165 Å². The monoisotopic (exact) mass is 382 g/mol. The van der Waals surface area contributed by atoms with Gasteiger partial charge in [0.15, 0.2) is 0 Å². The van der Waals surface area contributed by atoms with Crippen LogP contribution in [0.2, 0.25) is 0 Å². The third kappa shape index (κ3) is 4.25. The van der Waals surface area contributed by atoms with Crippen molar-refractivity contribution in [3.05, 3.63) is 47.3 Å². The van der Waals surface area contributed by atoms with Gasteiger partial charge in [-0.3, -0.25) is 4.79 Å². The Kier molecular flexibility index (Phi) is 5.71. The summed E-state index contributed by atoms with van der Waals surface area (Å²) in [6, 6.07) is 7.76. The standard InChI is InChI=1S/C21H26N4O3/c1-27-18-4-2-3-15(11-18)13-22-20(26)16-5-6-19-17(12-16)14-23-21(24-19)25-7-9-28-10-8-25/h2-4,11,14,16H,5-10,12-13H2,1H3,(H,22,26)/t16-/m0/s1. The molecule has 7 heteroatoms. The number of carbonyl (C=O) groups excluding carboxylic acids is 1. The number of ether oxygens (including phenoxy) is 2. The number of anilines is 1. The Morgan fingerprint density at radius 3 is 3.04 bits per heavy atom. The van der Waals surface area contributed by atoms with Crippen LogP contribution in [-0.2, 0) is 28.9 Å². The van der Waals surface area contributed by atoms with Crippen molar-refractivity contribution in [2.75, 3.05) is 38.3 Å². The summed E-state index contributed by atoms with van der Waals surface area (Å²) in [4.78, 5) is 24.1. The Hall–Kier alpha value is -2.67. The lowest BCUT2D eigenvalue weighted by Gasteiger charge is -2.28. The number of morpholine rings is 1. The summed E-state index contributed by atoms with van der Waals surface area (Å²) in [6.07, 6.45) is 4.22. The predicted octanol–water partition coefficient (Wildman–Crippen LogP) is 1.74. The molecule has 7 nitrogen and oxygen atoms in total. The summed E-state index contributed by atoms with van der Waals surface area (Å²) in [6.45, 7) is 3.60. The van der Waals surface area contributed by atoms with Crippen LogP contribution in [0, 0.1) is 5.92 Å². The van der Waals surface area contributed by atoms with Gasteiger partial charge in [-0.2, -0.15) is 0 Å². The lowest BCUT2D eigenvalue weighted by molar-refractivity contribution is -0.125. The fourth-order valence-electron chi connectivity index (χ4n) is 3.75. The quantitative estimate of drug-likeness (QED) is 0.849. The summed E-state index contributed by atoms with van der Waals surface area (Å²) >= 11 is 0. The van der Waals surface area contributed by atoms with Crippen molar-refractivity contribution in [1.82, 2.24) is 15.3 Å². The van der Waals surface area contributed by atoms with Gasteiger partial charge in [0, 0.05) is 37.4 Å². The topological polar surface area (TPSA) is 76.6 Å². The van der Waals surface area contributed by atoms with E-state index in [-0.39, 0.29) is 11.8 Å². The van der Waals surface area contributed by atoms with Gasteiger partial charge in [-0.05, 0) is 42.5 Å². The van der Waals surface area contributed by atoms with E-state index >= 15 is 0 Å². The van der Waals surface area contributed by atoms with Gasteiger partial charge in [-0.15, -0.1) is 0 Å². The minimum atomic E-state index is -0.0315. The first-order chi connectivity index (χ1) is 13.7. The zero-order valence-corrected chi connectivity index (χ0v) is 16.2. The average Bonchev–Trinajstić information content (AvgIpc) is 2.77. The molecule has 4 rings (SSSR count). The zero-order chi connectivity index (χ0) is 19.3. The van der Waals surface area contributed by atoms with E-state index in [1.165, 1.54) is 0 Å². The summed E-state index contributed by atoms with van der Waals surface area (Å²) in [5.74, 6) is 1.64. The van der Waals surface area contributed by atoms with Crippen LogP contribution in [0.1, 0.15) is 23.2 Å². The summed E-state index contributed by atoms with van der Waals surface area (Å²) < 4.78 is 10.6. The molecule has 1 aromatic carbocycles. The van der Waals surface area contributed by atoms with Crippen LogP contribution in [0.15, 0.2) is 30.5 Å². The van der Waals surface area contributed by atoms with Crippen molar-refractivity contribution in [2.45, 2.75) is 25.8 Å². The highest BCUT2D eigenvalue weighted by Gasteiger charge is 2.26. The Bertz CT molecular complexity index is 836. The van der Waals surface area contributed by atoms with E-state index < -0.39 is 0 Å². The zero-order valence-electron chi connectivity index (χ0n) is 16.2. The summed E-state index contributed by atoms with van der Waals surface area (Å²) in [5, 5.41) is 3.06. The molecule has 28 heavy (non-hydrogen) atoms. The number of rotatable bonds is 5. The molecule has 1 N–H and O–H groups in total. The number of hydrogen-bond acceptors (Lipinski definition) is 6. The maximum Gasteiger partial charge on any atom is 0.225 e. The number of nitrogens with zero attached hydrogens (tertiary/aromatic N) is 3. The van der Waals surface area contributed by atoms with Gasteiger partial charge in [0.1, 0.15) is 5.75 Å². The van der Waals surface area contributed by atoms with Crippen LogP contribution in [0.4, 0.5) is 5.95 Å². The van der Waals surface area contributed by atoms with Crippen molar-refractivity contribution >= 4 is 11.9 Å². The first-order valence-electron chi connectivity index (χ1n) is 9.81. The number of methoxy groups -OCH3 is 1. The molecule has 1 aliphatic heterocycles. The lowest BCUT2D eigenvalue weighted by Crippen LogP contribution is -2.38. The van der Waals surface area contributed by atoms with Gasteiger partial charge in [0.05, 0.1) is 20.3 Å². The Morgan fingerprint density at radius 1 is 1.36 bits per heavy atom. The molecule has 1 atom stereocenters. The predicted molar refractivity (Wildman–Crippen MR) is 105 cm³/mol. The molecular formula is C21H26N4O3. The fourth-order valence-corrected chi connectivity index (χ4v) is 3.75. The highest BCUT2D eigenvalue weighted by molar-refractivity contribution is 5.79. The normalized spacial score (nSPS) is 19.0. The van der Waals surface area contributed by atoms with E-state index in [0.29, 0.717) is 13.0 Å². The number of fused-ring (bicyclic) bond motifs is 1. The van der Waals surface area contributed by atoms with Gasteiger partial charge in [0.2, 0.25) is 11.9 Å². The first kappa shape index (κ1) is 18.7. The highest BCUT2D eigenvalue weighted by atomic mass is 16.5. The Balaban J connectivity index is 1.36. The maximum atomic E-state index is 12.6. The van der Waals surface area contributed by atoms with E-state index in [1.54, 1.807) is 7.11 Å². The third-order valence-corrected chi connectivity index (χ3v) is 5.40. The number of nitrogens with one attached hydrogen (secondary N) is 1. The van der Waals surface area contributed by atoms with Gasteiger partial charge < -0.3 is 19.7 Å². The molecular weight excluding hydrogens is 356 g/mol. The average molecular weight is 382 g/mol. The van der Waals surface area contributed by atoms with E-state index in [2.05, 4.69) is 15.2 Å². The number of aromatic nitrogens is 2. The van der Waals surface area contributed by atoms with Gasteiger partial charge in [0.25, 0.3) is 0 Å². The number of aryl methyl sites for hydroxylation is 1. The van der Waals surface area contributed by atoms with Crippen molar-refractivity contribution < 1.29 is 14.3 Å². The van der Waals surface area contributed by atoms with Crippen LogP contribution < -0.4 is 15.0 Å². The molecule has 1 aromatic heterocycles. The molecule has 1 amide bonds. The van der Waals surface area contributed by atoms with E-state index in [0.717, 1.165) is 67.7 Å². The second kappa shape index (κ2) is 8.56. The SMILES string of the molecule is COc1cccc(CNC(=O)[C@H]2CCc3nc(N4CCOCC4)ncc3C2)c1. The van der Waals surface area contributed by atoms with Crippen molar-refractivity contribution in [2.24, 2.45) is 5.92 Å². The number of carbonyl (C=O) groups is 1. The molecule has 148 valence electrons. The largest absolute Gasteiger partial charge is 0.497 e. The molecule has 0 bridgehead atoms. The number of hydrogen-bond donors (Lipinski definition) is 1. The fraction of sp³-hybridized carbons (Fsp3) is 0.476. The maximum absolute atomic E-state index is 12.6. The number of amides is 1. The minimum Gasteiger partial charge on any atom is -0.497 e.